The number of rotatable bonds is 1. The summed E-state index contributed by atoms with van der Waals surface area (Å²) in [6, 6.07) is 1.74. The minimum absolute atomic E-state index is 0.447. The Balaban J connectivity index is 0.00000121. The van der Waals surface area contributed by atoms with Crippen LogP contribution < -0.4 is 5.32 Å². The third-order valence-corrected chi connectivity index (χ3v) is 1.66. The van der Waals surface area contributed by atoms with E-state index < -0.39 is 11.7 Å². The van der Waals surface area contributed by atoms with Crippen molar-refractivity contribution in [3.05, 3.63) is 24.0 Å². The van der Waals surface area contributed by atoms with E-state index in [4.69, 9.17) is 4.74 Å². The summed E-state index contributed by atoms with van der Waals surface area (Å²) in [6.45, 7) is 11.4. The fourth-order valence-corrected chi connectivity index (χ4v) is 1.03. The van der Waals surface area contributed by atoms with E-state index in [1.807, 2.05) is 41.5 Å². The number of carbonyl (C=O) groups is 1. The maximum absolute atomic E-state index is 11.4. The fraction of sp³-hybridized carbons (Fsp3) is 0.538. The molecule has 1 aromatic rings. The van der Waals surface area contributed by atoms with Crippen molar-refractivity contribution in [2.24, 2.45) is 0 Å². The lowest BCUT2D eigenvalue weighted by molar-refractivity contribution is 0.0636. The first-order valence-electron chi connectivity index (χ1n) is 5.79. The molecule has 0 spiro atoms. The molecule has 0 fully saturated rings. The molecule has 96 valence electrons. The van der Waals surface area contributed by atoms with E-state index in [2.05, 4.69) is 10.3 Å². The molecule has 1 rings (SSSR count). The molecule has 0 radical (unpaired) electrons. The van der Waals surface area contributed by atoms with Gasteiger partial charge in [-0.2, -0.15) is 0 Å². The molecule has 1 aromatic heterocycles. The zero-order valence-electron chi connectivity index (χ0n) is 11.5. The highest BCUT2D eigenvalue weighted by molar-refractivity contribution is 5.85. The number of hydrogen-bond acceptors (Lipinski definition) is 3. The third-order valence-electron chi connectivity index (χ3n) is 1.66. The van der Waals surface area contributed by atoms with Crippen molar-refractivity contribution in [3.8, 4) is 0 Å². The van der Waals surface area contributed by atoms with Gasteiger partial charge in [-0.25, -0.2) is 4.79 Å². The van der Waals surface area contributed by atoms with Crippen LogP contribution in [-0.4, -0.2) is 16.7 Å². The third kappa shape index (κ3) is 6.56. The predicted molar refractivity (Wildman–Crippen MR) is 70.2 cm³/mol. The second-order valence-electron chi connectivity index (χ2n) is 4.32. The van der Waals surface area contributed by atoms with Crippen LogP contribution in [0, 0.1) is 6.92 Å². The number of hydrogen-bond donors (Lipinski definition) is 1. The number of amides is 1. The van der Waals surface area contributed by atoms with Gasteiger partial charge in [0, 0.05) is 18.1 Å². The SMILES string of the molecule is CC.Cc1cnccc1NC(=O)OC(C)(C)C. The normalized spacial score (nSPS) is 10.0. The van der Waals surface area contributed by atoms with Gasteiger partial charge in [-0.3, -0.25) is 10.3 Å². The minimum Gasteiger partial charge on any atom is -0.444 e. The first-order valence-corrected chi connectivity index (χ1v) is 5.79. The number of anilines is 1. The Hall–Kier alpha value is -1.58. The van der Waals surface area contributed by atoms with Crippen molar-refractivity contribution in [2.45, 2.75) is 47.1 Å². The quantitative estimate of drug-likeness (QED) is 0.810. The molecule has 1 heterocycles. The Bertz CT molecular complexity index is 357. The Morgan fingerprint density at radius 2 is 1.94 bits per heavy atom. The number of aromatic nitrogens is 1. The van der Waals surface area contributed by atoms with E-state index in [1.165, 1.54) is 0 Å². The summed E-state index contributed by atoms with van der Waals surface area (Å²) in [7, 11) is 0. The van der Waals surface area contributed by atoms with Crippen LogP contribution in [0.25, 0.3) is 0 Å². The molecule has 0 unspecified atom stereocenters. The number of nitrogens with one attached hydrogen (secondary N) is 1. The van der Waals surface area contributed by atoms with Crippen LogP contribution in [0.1, 0.15) is 40.2 Å². The molecule has 0 atom stereocenters. The lowest BCUT2D eigenvalue weighted by atomic mass is 10.2. The maximum Gasteiger partial charge on any atom is 0.412 e. The summed E-state index contributed by atoms with van der Waals surface area (Å²) in [6.07, 6.45) is 2.86. The van der Waals surface area contributed by atoms with E-state index in [9.17, 15) is 4.79 Å². The van der Waals surface area contributed by atoms with Crippen LogP contribution in [0.5, 0.6) is 0 Å². The van der Waals surface area contributed by atoms with Crippen LogP contribution in [0.2, 0.25) is 0 Å². The molecule has 1 amide bonds. The molecule has 0 aromatic carbocycles. The lowest BCUT2D eigenvalue weighted by Crippen LogP contribution is -2.27. The van der Waals surface area contributed by atoms with Gasteiger partial charge in [0.15, 0.2) is 0 Å². The molecule has 1 N–H and O–H groups in total. The van der Waals surface area contributed by atoms with Crippen LogP contribution in [0.3, 0.4) is 0 Å². The monoisotopic (exact) mass is 238 g/mol. The van der Waals surface area contributed by atoms with Crippen molar-refractivity contribution < 1.29 is 9.53 Å². The molecule has 0 saturated carbocycles. The molecular formula is C13H22N2O2. The summed E-state index contributed by atoms with van der Waals surface area (Å²) in [5, 5.41) is 2.67. The van der Waals surface area contributed by atoms with Gasteiger partial charge in [0.05, 0.1) is 0 Å². The van der Waals surface area contributed by atoms with Gasteiger partial charge in [-0.15, -0.1) is 0 Å². The summed E-state index contributed by atoms with van der Waals surface area (Å²) < 4.78 is 5.13. The van der Waals surface area contributed by atoms with Gasteiger partial charge in [-0.05, 0) is 39.3 Å². The van der Waals surface area contributed by atoms with E-state index in [0.29, 0.717) is 0 Å². The number of aryl methyl sites for hydroxylation is 1. The summed E-state index contributed by atoms with van der Waals surface area (Å²) >= 11 is 0. The Morgan fingerprint density at radius 1 is 1.35 bits per heavy atom. The van der Waals surface area contributed by atoms with Crippen molar-refractivity contribution in [1.29, 1.82) is 0 Å². The average Bonchev–Trinajstić information content (AvgIpc) is 2.22. The molecule has 0 bridgehead atoms. The fourth-order valence-electron chi connectivity index (χ4n) is 1.03. The Labute approximate surface area is 103 Å². The molecule has 0 aliphatic carbocycles. The number of carbonyl (C=O) groups excluding carboxylic acids is 1. The zero-order valence-corrected chi connectivity index (χ0v) is 11.5. The molecule has 0 saturated heterocycles. The van der Waals surface area contributed by atoms with E-state index in [-0.39, 0.29) is 0 Å². The topological polar surface area (TPSA) is 51.2 Å². The zero-order chi connectivity index (χ0) is 13.5. The van der Waals surface area contributed by atoms with Crippen LogP contribution in [0.4, 0.5) is 10.5 Å². The van der Waals surface area contributed by atoms with Gasteiger partial charge in [0.2, 0.25) is 0 Å². The predicted octanol–water partition coefficient (Wildman–Crippen LogP) is 3.76. The first-order chi connectivity index (χ1) is 7.88. The molecule has 17 heavy (non-hydrogen) atoms. The van der Waals surface area contributed by atoms with Gasteiger partial charge in [-0.1, -0.05) is 13.8 Å². The Kier molecular flexibility index (Phi) is 6.25. The highest BCUT2D eigenvalue weighted by atomic mass is 16.6. The van der Waals surface area contributed by atoms with Gasteiger partial charge >= 0.3 is 6.09 Å². The second-order valence-corrected chi connectivity index (χ2v) is 4.32. The van der Waals surface area contributed by atoms with E-state index >= 15 is 0 Å². The van der Waals surface area contributed by atoms with E-state index in [0.717, 1.165) is 11.3 Å². The van der Waals surface area contributed by atoms with Gasteiger partial charge < -0.3 is 4.74 Å². The minimum atomic E-state index is -0.481. The molecule has 4 nitrogen and oxygen atoms in total. The smallest absolute Gasteiger partial charge is 0.412 e. The highest BCUT2D eigenvalue weighted by Crippen LogP contribution is 2.14. The van der Waals surface area contributed by atoms with Crippen molar-refractivity contribution in [2.75, 3.05) is 5.32 Å². The van der Waals surface area contributed by atoms with Gasteiger partial charge in [0.1, 0.15) is 5.60 Å². The molecular weight excluding hydrogens is 216 g/mol. The summed E-state index contributed by atoms with van der Waals surface area (Å²) in [5.74, 6) is 0. The molecule has 0 aliphatic heterocycles. The first kappa shape index (κ1) is 15.4. The largest absolute Gasteiger partial charge is 0.444 e. The number of nitrogens with zero attached hydrogens (tertiary/aromatic N) is 1. The lowest BCUT2D eigenvalue weighted by Gasteiger charge is -2.20. The standard InChI is InChI=1S/C11H16N2O2.C2H6/c1-8-7-12-6-5-9(8)13-10(14)15-11(2,3)4;1-2/h5-7H,1-4H3,(H,12,13,14);1-2H3. The maximum atomic E-state index is 11.4. The molecule has 4 heteroatoms. The van der Waals surface area contributed by atoms with Crippen LogP contribution >= 0.6 is 0 Å². The highest BCUT2D eigenvalue weighted by Gasteiger charge is 2.16. The average molecular weight is 238 g/mol. The van der Waals surface area contributed by atoms with Crippen molar-refractivity contribution in [1.82, 2.24) is 4.98 Å². The molecule has 0 aliphatic rings. The number of ether oxygens (including phenoxy) is 1. The van der Waals surface area contributed by atoms with E-state index in [1.54, 1.807) is 18.5 Å². The Morgan fingerprint density at radius 3 is 2.41 bits per heavy atom. The van der Waals surface area contributed by atoms with Crippen LogP contribution in [-0.2, 0) is 4.74 Å². The van der Waals surface area contributed by atoms with Crippen LogP contribution in [0.15, 0.2) is 18.5 Å². The van der Waals surface area contributed by atoms with Gasteiger partial charge in [0.25, 0.3) is 0 Å². The summed E-state index contributed by atoms with van der Waals surface area (Å²) in [5.41, 5.74) is 1.15. The summed E-state index contributed by atoms with van der Waals surface area (Å²) in [4.78, 5) is 15.4. The van der Waals surface area contributed by atoms with Crippen molar-refractivity contribution in [3.63, 3.8) is 0 Å². The van der Waals surface area contributed by atoms with Crippen molar-refractivity contribution >= 4 is 11.8 Å². The number of pyridine rings is 1. The second kappa shape index (κ2) is 6.89.